The lowest BCUT2D eigenvalue weighted by atomic mass is 9.42. The smallest absolute Gasteiger partial charge is 0.132 e. The fourth-order valence-corrected chi connectivity index (χ4v) is 13.8. The van der Waals surface area contributed by atoms with E-state index < -0.39 is 0 Å². The van der Waals surface area contributed by atoms with Crippen LogP contribution in [0.2, 0.25) is 0 Å². The van der Waals surface area contributed by atoms with Gasteiger partial charge in [-0.3, -0.25) is 0 Å². The lowest BCUT2D eigenvalue weighted by Crippen LogP contribution is -2.56. The van der Waals surface area contributed by atoms with Crippen molar-refractivity contribution in [1.82, 2.24) is 0 Å². The van der Waals surface area contributed by atoms with Crippen molar-refractivity contribution in [2.24, 2.45) is 23.7 Å². The van der Waals surface area contributed by atoms with Crippen LogP contribution in [0.5, 0.6) is 11.5 Å². The summed E-state index contributed by atoms with van der Waals surface area (Å²) in [5.74, 6) is 5.42. The van der Waals surface area contributed by atoms with Crippen molar-refractivity contribution in [3.63, 3.8) is 0 Å². The first kappa shape index (κ1) is 36.8. The quantitative estimate of drug-likeness (QED) is 0.181. The molecular formula is C56H63NO. The zero-order valence-corrected chi connectivity index (χ0v) is 36.3. The summed E-state index contributed by atoms with van der Waals surface area (Å²) in [7, 11) is 0. The topological polar surface area (TPSA) is 12.5 Å². The Morgan fingerprint density at radius 3 is 1.41 bits per heavy atom. The maximum absolute atomic E-state index is 6.89. The maximum Gasteiger partial charge on any atom is 0.132 e. The van der Waals surface area contributed by atoms with Gasteiger partial charge in [-0.1, -0.05) is 110 Å². The van der Waals surface area contributed by atoms with E-state index in [4.69, 9.17) is 4.74 Å². The SMILES string of the molecule is CC1(C)CCC(C)(C)c2cc(N(c3ccc(-c4ccc5c(c4)Oc4ccccc4C54C5CC6CC(C5)CC4C6)cc3)c3ccc4c(c3)C(C)(C)CCC4(C)C)ccc21. The van der Waals surface area contributed by atoms with Gasteiger partial charge in [0.05, 0.1) is 0 Å². The number of hydrogen-bond acceptors (Lipinski definition) is 2. The minimum absolute atomic E-state index is 0.0811. The first-order chi connectivity index (χ1) is 27.6. The van der Waals surface area contributed by atoms with Gasteiger partial charge in [-0.25, -0.2) is 0 Å². The monoisotopic (exact) mass is 765 g/mol. The molecule has 4 saturated carbocycles. The molecule has 7 aliphatic rings. The molecule has 0 atom stereocenters. The molecule has 4 fully saturated rings. The van der Waals surface area contributed by atoms with Crippen LogP contribution in [0.3, 0.4) is 0 Å². The van der Waals surface area contributed by atoms with Crippen LogP contribution in [0, 0.1) is 23.7 Å². The zero-order chi connectivity index (χ0) is 40.0. The lowest BCUT2D eigenvalue weighted by molar-refractivity contribution is -0.0452. The normalized spacial score (nSPS) is 28.5. The average molecular weight is 766 g/mol. The van der Waals surface area contributed by atoms with Crippen LogP contribution in [-0.2, 0) is 27.1 Å². The lowest BCUT2D eigenvalue weighted by Gasteiger charge is -2.63. The van der Waals surface area contributed by atoms with Crippen LogP contribution in [0.4, 0.5) is 17.1 Å². The summed E-state index contributed by atoms with van der Waals surface area (Å²) in [6, 6.07) is 40.4. The van der Waals surface area contributed by atoms with Crippen LogP contribution in [0.15, 0.2) is 103 Å². The van der Waals surface area contributed by atoms with Gasteiger partial charge < -0.3 is 9.64 Å². The van der Waals surface area contributed by atoms with Crippen molar-refractivity contribution >= 4 is 17.1 Å². The highest BCUT2D eigenvalue weighted by Crippen LogP contribution is 2.69. The summed E-state index contributed by atoms with van der Waals surface area (Å²) in [5, 5.41) is 0. The molecule has 58 heavy (non-hydrogen) atoms. The van der Waals surface area contributed by atoms with Gasteiger partial charge in [-0.05, 0) is 185 Å². The molecule has 298 valence electrons. The predicted molar refractivity (Wildman–Crippen MR) is 241 cm³/mol. The van der Waals surface area contributed by atoms with Crippen molar-refractivity contribution in [2.75, 3.05) is 4.90 Å². The van der Waals surface area contributed by atoms with Crippen LogP contribution >= 0.6 is 0 Å². The molecule has 5 aromatic rings. The molecule has 2 heteroatoms. The molecular weight excluding hydrogens is 703 g/mol. The van der Waals surface area contributed by atoms with E-state index in [9.17, 15) is 0 Å². The van der Waals surface area contributed by atoms with Gasteiger partial charge in [0, 0.05) is 33.6 Å². The van der Waals surface area contributed by atoms with E-state index in [0.29, 0.717) is 11.8 Å². The second kappa shape index (κ2) is 12.4. The summed E-state index contributed by atoms with van der Waals surface area (Å²) in [4.78, 5) is 2.53. The number of rotatable bonds is 4. The molecule has 5 aromatic carbocycles. The van der Waals surface area contributed by atoms with Crippen molar-refractivity contribution in [3.8, 4) is 22.6 Å². The Bertz CT molecular complexity index is 2350. The molecule has 0 aromatic heterocycles. The van der Waals surface area contributed by atoms with Crippen molar-refractivity contribution in [1.29, 1.82) is 0 Å². The third-order valence-corrected chi connectivity index (χ3v) is 17.1. The highest BCUT2D eigenvalue weighted by Gasteiger charge is 2.61. The summed E-state index contributed by atoms with van der Waals surface area (Å²) in [6.07, 6.45) is 11.8. The highest BCUT2D eigenvalue weighted by atomic mass is 16.5. The second-order valence-corrected chi connectivity index (χ2v) is 22.4. The molecule has 6 aliphatic carbocycles. The second-order valence-electron chi connectivity index (χ2n) is 22.4. The van der Waals surface area contributed by atoms with Gasteiger partial charge in [0.1, 0.15) is 11.5 Å². The maximum atomic E-state index is 6.89. The largest absolute Gasteiger partial charge is 0.457 e. The van der Waals surface area contributed by atoms with Crippen molar-refractivity contribution < 1.29 is 4.74 Å². The summed E-state index contributed by atoms with van der Waals surface area (Å²) in [5.41, 5.74) is 15.7. The van der Waals surface area contributed by atoms with E-state index in [-0.39, 0.29) is 27.1 Å². The summed E-state index contributed by atoms with van der Waals surface area (Å²) in [6.45, 7) is 19.5. The Morgan fingerprint density at radius 1 is 0.414 bits per heavy atom. The predicted octanol–water partition coefficient (Wildman–Crippen LogP) is 15.4. The molecule has 1 aliphatic heterocycles. The zero-order valence-electron chi connectivity index (χ0n) is 36.3. The molecule has 0 radical (unpaired) electrons. The van der Waals surface area contributed by atoms with Crippen LogP contribution in [-0.4, -0.2) is 0 Å². The molecule has 0 N–H and O–H groups in total. The van der Waals surface area contributed by atoms with Gasteiger partial charge in [-0.15, -0.1) is 0 Å². The highest BCUT2D eigenvalue weighted by molar-refractivity contribution is 5.80. The first-order valence-corrected chi connectivity index (χ1v) is 22.8. The fraction of sp³-hybridized carbons (Fsp3) is 0.464. The Hall–Kier alpha value is -4.30. The van der Waals surface area contributed by atoms with Crippen LogP contribution < -0.4 is 9.64 Å². The molecule has 4 bridgehead atoms. The molecule has 1 heterocycles. The van der Waals surface area contributed by atoms with E-state index in [1.165, 1.54) is 119 Å². The van der Waals surface area contributed by atoms with Crippen molar-refractivity contribution in [2.45, 2.75) is 140 Å². The number of benzene rings is 5. The number of fused-ring (bicyclic) bond motifs is 4. The molecule has 0 amide bonds. The van der Waals surface area contributed by atoms with Gasteiger partial charge in [0.25, 0.3) is 0 Å². The van der Waals surface area contributed by atoms with E-state index in [0.717, 1.165) is 23.3 Å². The number of ether oxygens (including phenoxy) is 1. The van der Waals surface area contributed by atoms with Crippen LogP contribution in [0.25, 0.3) is 11.1 Å². The molecule has 0 unspecified atom stereocenters. The summed E-state index contributed by atoms with van der Waals surface area (Å²) < 4.78 is 6.89. The third kappa shape index (κ3) is 5.34. The Balaban J connectivity index is 1.01. The van der Waals surface area contributed by atoms with Gasteiger partial charge >= 0.3 is 0 Å². The molecule has 12 rings (SSSR count). The van der Waals surface area contributed by atoms with Gasteiger partial charge in [0.15, 0.2) is 0 Å². The first-order valence-electron chi connectivity index (χ1n) is 22.8. The Kier molecular flexibility index (Phi) is 7.84. The Labute approximate surface area is 348 Å². The number of nitrogens with zero attached hydrogens (tertiary/aromatic N) is 1. The number of anilines is 3. The minimum Gasteiger partial charge on any atom is -0.457 e. The minimum atomic E-state index is 0.0811. The van der Waals surface area contributed by atoms with E-state index in [1.54, 1.807) is 0 Å². The number of hydrogen-bond donors (Lipinski definition) is 0. The van der Waals surface area contributed by atoms with E-state index in [2.05, 4.69) is 163 Å². The van der Waals surface area contributed by atoms with Crippen LogP contribution in [0.1, 0.15) is 147 Å². The molecule has 2 nitrogen and oxygen atoms in total. The van der Waals surface area contributed by atoms with Gasteiger partial charge in [-0.2, -0.15) is 0 Å². The van der Waals surface area contributed by atoms with Crippen molar-refractivity contribution in [3.05, 3.63) is 137 Å². The summed E-state index contributed by atoms with van der Waals surface area (Å²) >= 11 is 0. The standard InChI is InChI=1S/C56H63NO/c1-52(2)23-25-54(5,6)48-33-42(18-21-44(48)52)57(43-19-22-45-49(34-43)55(7,8)26-24-53(45,3)4)41-16-13-37(14-17-41)38-15-20-47-51(32-38)58-50-12-10-9-11-46(50)56(47)39-28-35-27-36(30-39)31-40(56)29-35/h9-22,32-36,39-40H,23-31H2,1-8H3. The van der Waals surface area contributed by atoms with E-state index in [1.807, 2.05) is 0 Å². The molecule has 1 spiro atoms. The third-order valence-electron chi connectivity index (χ3n) is 17.1. The van der Waals surface area contributed by atoms with Gasteiger partial charge in [0.2, 0.25) is 0 Å². The number of para-hydroxylation sites is 1. The average Bonchev–Trinajstić information content (AvgIpc) is 3.20. The fourth-order valence-electron chi connectivity index (χ4n) is 13.8. The Morgan fingerprint density at radius 2 is 0.862 bits per heavy atom. The molecule has 0 saturated heterocycles. The van der Waals surface area contributed by atoms with E-state index >= 15 is 0 Å².